The maximum absolute atomic E-state index is 14.0. The second kappa shape index (κ2) is 14.3. The summed E-state index contributed by atoms with van der Waals surface area (Å²) in [6.45, 7) is 4.69. The first-order valence-corrected chi connectivity index (χ1v) is 17.1. The van der Waals surface area contributed by atoms with Crippen LogP contribution < -0.4 is 5.32 Å². The van der Waals surface area contributed by atoms with Crippen LogP contribution in [0.2, 0.25) is 0 Å². The number of para-hydroxylation sites is 1. The fourth-order valence-electron chi connectivity index (χ4n) is 7.78. The number of ketones is 1. The largest absolute Gasteiger partial charge is 0.461 e. The fourth-order valence-corrected chi connectivity index (χ4v) is 7.78. The number of rotatable bonds is 7. The number of fused-ring (bicyclic) bond motifs is 8. The highest BCUT2D eigenvalue weighted by Crippen LogP contribution is 2.59. The summed E-state index contributed by atoms with van der Waals surface area (Å²) in [5.74, 6) is -0.113. The zero-order valence-electron chi connectivity index (χ0n) is 27.9. The van der Waals surface area contributed by atoms with Gasteiger partial charge in [0.1, 0.15) is 0 Å². The molecule has 48 heavy (non-hydrogen) atoms. The Hall–Kier alpha value is -4.46. The summed E-state index contributed by atoms with van der Waals surface area (Å²) in [6.07, 6.45) is 7.55. The molecule has 0 spiro atoms. The molecule has 2 amide bonds. The Morgan fingerprint density at radius 3 is 2.44 bits per heavy atom. The minimum absolute atomic E-state index is 0.127. The molecule has 4 aromatic rings. The van der Waals surface area contributed by atoms with E-state index in [4.69, 9.17) is 4.42 Å². The Morgan fingerprint density at radius 2 is 1.71 bits per heavy atom. The van der Waals surface area contributed by atoms with Gasteiger partial charge in [-0.25, -0.2) is 4.79 Å². The first-order chi connectivity index (χ1) is 23.1. The van der Waals surface area contributed by atoms with E-state index < -0.39 is 17.1 Å². The molecule has 4 atom stereocenters. The number of hydrogen-bond acceptors (Lipinski definition) is 5. The van der Waals surface area contributed by atoms with Crippen LogP contribution in [-0.2, 0) is 13.0 Å². The fraction of sp³-hybridized carbons (Fsp3) is 0.366. The maximum Gasteiger partial charge on any atom is 0.322 e. The van der Waals surface area contributed by atoms with Crippen molar-refractivity contribution in [2.24, 2.45) is 5.41 Å². The molecule has 0 saturated heterocycles. The van der Waals surface area contributed by atoms with Crippen LogP contribution in [-0.4, -0.2) is 45.2 Å². The molecule has 250 valence electrons. The van der Waals surface area contributed by atoms with Gasteiger partial charge in [0.05, 0.1) is 24.5 Å². The van der Waals surface area contributed by atoms with Gasteiger partial charge in [0.2, 0.25) is 5.78 Å². The Bertz CT molecular complexity index is 1740. The summed E-state index contributed by atoms with van der Waals surface area (Å²) in [4.78, 5) is 29.7. The highest BCUT2D eigenvalue weighted by atomic mass is 16.3. The lowest BCUT2D eigenvalue weighted by atomic mass is 9.64. The number of nitrogens with zero attached hydrogens (tertiary/aromatic N) is 1. The number of carbonyl (C=O) groups is 2. The summed E-state index contributed by atoms with van der Waals surface area (Å²) < 4.78 is 5.57. The SMILES string of the molecule is CC1=CCC[C@@]2(C)[C@@H](CC[C@@]2(O)CN(Cc2ccccc2)C(=O)Nc2ccccc2)c2ccc(cc2C(=O)c2ccco2)C[C@@H](O)CC1. The Morgan fingerprint density at radius 1 is 0.958 bits per heavy atom. The molecule has 3 aliphatic carbocycles. The zero-order chi connectivity index (χ0) is 33.7. The van der Waals surface area contributed by atoms with Crippen molar-refractivity contribution < 1.29 is 24.2 Å². The van der Waals surface area contributed by atoms with Crippen molar-refractivity contribution >= 4 is 17.5 Å². The zero-order valence-corrected chi connectivity index (χ0v) is 27.9. The summed E-state index contributed by atoms with van der Waals surface area (Å²) >= 11 is 0. The van der Waals surface area contributed by atoms with Crippen LogP contribution in [0.25, 0.3) is 0 Å². The summed E-state index contributed by atoms with van der Waals surface area (Å²) in [5, 5.41) is 26.8. The van der Waals surface area contributed by atoms with Gasteiger partial charge in [0.25, 0.3) is 0 Å². The number of benzene rings is 3. The van der Waals surface area contributed by atoms with Crippen LogP contribution in [0.4, 0.5) is 10.5 Å². The molecule has 3 aliphatic rings. The van der Waals surface area contributed by atoms with Gasteiger partial charge in [-0.2, -0.15) is 0 Å². The molecule has 0 unspecified atom stereocenters. The van der Waals surface area contributed by atoms with E-state index in [0.717, 1.165) is 29.5 Å². The molecule has 7 nitrogen and oxygen atoms in total. The lowest BCUT2D eigenvalue weighted by molar-refractivity contribution is -0.0773. The Kier molecular flexibility index (Phi) is 9.99. The van der Waals surface area contributed by atoms with Crippen molar-refractivity contribution in [3.63, 3.8) is 0 Å². The minimum Gasteiger partial charge on any atom is -0.461 e. The minimum atomic E-state index is -1.25. The first kappa shape index (κ1) is 33.4. The molecular weight excluding hydrogens is 600 g/mol. The molecule has 1 aromatic heterocycles. The molecule has 7 heteroatoms. The molecular formula is C41H46N2O5. The topological polar surface area (TPSA) is 103 Å². The second-order valence-electron chi connectivity index (χ2n) is 13.9. The second-order valence-corrected chi connectivity index (χ2v) is 13.9. The highest BCUT2D eigenvalue weighted by Gasteiger charge is 2.57. The van der Waals surface area contributed by atoms with Gasteiger partial charge in [0.15, 0.2) is 5.76 Å². The van der Waals surface area contributed by atoms with Gasteiger partial charge in [-0.3, -0.25) is 4.79 Å². The first-order valence-electron chi connectivity index (χ1n) is 17.1. The predicted molar refractivity (Wildman–Crippen MR) is 188 cm³/mol. The standard InChI is InChI=1S/C41H46N2O5/c1-29-11-9-22-40(2)36(34-20-18-31(25-33(44)19-17-29)26-35(34)38(45)37-16-10-24-48-37)21-23-41(40,47)28-43(27-30-12-5-3-6-13-30)39(46)42-32-14-7-4-8-15-32/h3-8,10-16,18,20,24,26,33,36,44,47H,9,17,19,21-23,25,27-28H2,1-2H3,(H,42,46)/t33-,36-,40-,41+/m0/s1. The molecule has 1 saturated carbocycles. The quantitative estimate of drug-likeness (QED) is 0.139. The average Bonchev–Trinajstić information content (AvgIpc) is 3.71. The Balaban J connectivity index is 1.41. The number of nitrogens with one attached hydrogen (secondary N) is 1. The van der Waals surface area contributed by atoms with E-state index in [9.17, 15) is 19.8 Å². The number of hydrogen-bond donors (Lipinski definition) is 3. The van der Waals surface area contributed by atoms with Crippen molar-refractivity contribution in [3.05, 3.63) is 137 Å². The Labute approximate surface area is 283 Å². The molecule has 3 aromatic carbocycles. The van der Waals surface area contributed by atoms with Crippen molar-refractivity contribution in [3.8, 4) is 0 Å². The van der Waals surface area contributed by atoms with E-state index >= 15 is 0 Å². The van der Waals surface area contributed by atoms with Crippen LogP contribution in [0, 0.1) is 5.41 Å². The molecule has 0 aliphatic heterocycles. The lowest BCUT2D eigenvalue weighted by Gasteiger charge is -2.46. The van der Waals surface area contributed by atoms with Gasteiger partial charge in [-0.05, 0) is 105 Å². The average molecular weight is 647 g/mol. The van der Waals surface area contributed by atoms with Gasteiger partial charge in [-0.15, -0.1) is 0 Å². The van der Waals surface area contributed by atoms with Crippen molar-refractivity contribution in [2.45, 2.75) is 83.0 Å². The summed E-state index contributed by atoms with van der Waals surface area (Å²) in [7, 11) is 0. The van der Waals surface area contributed by atoms with E-state index in [2.05, 4.69) is 25.2 Å². The third kappa shape index (κ3) is 7.18. The molecule has 1 heterocycles. The normalized spacial score (nSPS) is 24.3. The van der Waals surface area contributed by atoms with Gasteiger partial charge in [-0.1, -0.05) is 79.2 Å². The van der Waals surface area contributed by atoms with Crippen LogP contribution in [0.3, 0.4) is 0 Å². The smallest absolute Gasteiger partial charge is 0.322 e. The molecule has 7 rings (SSSR count). The number of furan rings is 1. The molecule has 1 fully saturated rings. The summed E-state index contributed by atoms with van der Waals surface area (Å²) in [5.41, 5.74) is 3.24. The maximum atomic E-state index is 14.0. The van der Waals surface area contributed by atoms with Crippen LogP contribution in [0.15, 0.2) is 113 Å². The monoisotopic (exact) mass is 646 g/mol. The number of anilines is 1. The van der Waals surface area contributed by atoms with Crippen molar-refractivity contribution in [1.29, 1.82) is 0 Å². The third-order valence-corrected chi connectivity index (χ3v) is 10.6. The number of aliphatic hydroxyl groups is 2. The highest BCUT2D eigenvalue weighted by molar-refractivity contribution is 6.08. The number of allylic oxidation sites excluding steroid dienone is 2. The van der Waals surface area contributed by atoms with Gasteiger partial charge < -0.3 is 24.8 Å². The van der Waals surface area contributed by atoms with Crippen LogP contribution in [0.5, 0.6) is 0 Å². The lowest BCUT2D eigenvalue weighted by Crippen LogP contribution is -2.54. The van der Waals surface area contributed by atoms with Gasteiger partial charge >= 0.3 is 6.03 Å². The van der Waals surface area contributed by atoms with Gasteiger partial charge in [0, 0.05) is 23.2 Å². The molecule has 0 radical (unpaired) electrons. The van der Waals surface area contributed by atoms with E-state index in [-0.39, 0.29) is 30.0 Å². The van der Waals surface area contributed by atoms with Crippen molar-refractivity contribution in [1.82, 2.24) is 4.90 Å². The van der Waals surface area contributed by atoms with E-state index in [1.807, 2.05) is 78.9 Å². The van der Waals surface area contributed by atoms with E-state index in [0.29, 0.717) is 49.9 Å². The van der Waals surface area contributed by atoms with Crippen LogP contribution in [0.1, 0.15) is 91.1 Å². The summed E-state index contributed by atoms with van der Waals surface area (Å²) in [6, 6.07) is 28.3. The van der Waals surface area contributed by atoms with Crippen LogP contribution >= 0.6 is 0 Å². The third-order valence-electron chi connectivity index (χ3n) is 10.6. The van der Waals surface area contributed by atoms with E-state index in [1.54, 1.807) is 17.0 Å². The molecule has 2 bridgehead atoms. The van der Waals surface area contributed by atoms with E-state index in [1.165, 1.54) is 11.8 Å². The van der Waals surface area contributed by atoms with Crippen molar-refractivity contribution in [2.75, 3.05) is 11.9 Å². The number of amides is 2. The number of carbonyl (C=O) groups excluding carboxylic acids is 2. The number of urea groups is 1. The molecule has 3 N–H and O–H groups in total. The number of aliphatic hydroxyl groups excluding tert-OH is 1. The predicted octanol–water partition coefficient (Wildman–Crippen LogP) is 8.28.